The Bertz CT molecular complexity index is 1470. The van der Waals surface area contributed by atoms with Gasteiger partial charge in [-0.3, -0.25) is 14.4 Å². The van der Waals surface area contributed by atoms with E-state index in [0.29, 0.717) is 19.3 Å². The molecular weight excluding hydrogens is 889 g/mol. The Hall–Kier alpha value is -3.93. The molecule has 0 aromatic heterocycles. The molecule has 0 aromatic rings. The summed E-state index contributed by atoms with van der Waals surface area (Å²) in [5.41, 5.74) is 0. The zero-order valence-corrected chi connectivity index (χ0v) is 46.9. The highest BCUT2D eigenvalue weighted by Gasteiger charge is 2.19. The first-order chi connectivity index (χ1) is 35.5. The molecule has 0 aliphatic heterocycles. The molecule has 0 bridgehead atoms. The molecule has 0 aromatic carbocycles. The quantitative estimate of drug-likeness (QED) is 0.0261. The van der Waals surface area contributed by atoms with Crippen molar-refractivity contribution < 1.29 is 28.6 Å². The van der Waals surface area contributed by atoms with Gasteiger partial charge in [-0.25, -0.2) is 0 Å². The Labute approximate surface area is 444 Å². The summed E-state index contributed by atoms with van der Waals surface area (Å²) in [4.78, 5) is 38.2. The molecule has 0 amide bonds. The first kappa shape index (κ1) is 68.1. The van der Waals surface area contributed by atoms with Crippen molar-refractivity contribution in [3.8, 4) is 0 Å². The lowest BCUT2D eigenvalue weighted by Crippen LogP contribution is -2.30. The predicted molar refractivity (Wildman–Crippen MR) is 311 cm³/mol. The van der Waals surface area contributed by atoms with Crippen LogP contribution in [0.25, 0.3) is 0 Å². The van der Waals surface area contributed by atoms with E-state index in [1.807, 2.05) is 0 Å². The Kier molecular flexibility index (Phi) is 56.4. The van der Waals surface area contributed by atoms with Crippen molar-refractivity contribution in [2.45, 2.75) is 277 Å². The summed E-state index contributed by atoms with van der Waals surface area (Å²) in [6, 6.07) is 0. The van der Waals surface area contributed by atoms with Gasteiger partial charge in [-0.2, -0.15) is 0 Å². The zero-order chi connectivity index (χ0) is 52.2. The molecular formula is C66H110O6. The molecule has 1 atom stereocenters. The number of allylic oxidation sites excluding steroid dienone is 18. The van der Waals surface area contributed by atoms with Crippen LogP contribution in [0.1, 0.15) is 271 Å². The fraction of sp³-hybridized carbons (Fsp3) is 0.682. The zero-order valence-electron chi connectivity index (χ0n) is 46.9. The number of carbonyl (C=O) groups is 3. The van der Waals surface area contributed by atoms with Gasteiger partial charge in [-0.15, -0.1) is 0 Å². The Morgan fingerprint density at radius 2 is 0.556 bits per heavy atom. The van der Waals surface area contributed by atoms with Gasteiger partial charge in [0.2, 0.25) is 0 Å². The van der Waals surface area contributed by atoms with Crippen LogP contribution in [0.5, 0.6) is 0 Å². The number of ether oxygens (including phenoxy) is 3. The molecule has 0 radical (unpaired) electrons. The average molecular weight is 1000 g/mol. The molecule has 6 heteroatoms. The summed E-state index contributed by atoms with van der Waals surface area (Å²) in [5, 5.41) is 0. The molecule has 0 heterocycles. The van der Waals surface area contributed by atoms with Crippen LogP contribution in [0.15, 0.2) is 109 Å². The molecule has 0 saturated heterocycles. The molecule has 0 N–H and O–H groups in total. The van der Waals surface area contributed by atoms with Crippen molar-refractivity contribution in [1.82, 2.24) is 0 Å². The first-order valence-electron chi connectivity index (χ1n) is 29.9. The minimum atomic E-state index is -0.804. The van der Waals surface area contributed by atoms with Gasteiger partial charge in [-0.05, 0) is 103 Å². The summed E-state index contributed by atoms with van der Waals surface area (Å²) in [6.45, 7) is 6.46. The van der Waals surface area contributed by atoms with E-state index in [4.69, 9.17) is 14.2 Å². The molecule has 72 heavy (non-hydrogen) atoms. The van der Waals surface area contributed by atoms with E-state index in [9.17, 15) is 14.4 Å². The van der Waals surface area contributed by atoms with Gasteiger partial charge in [0, 0.05) is 19.3 Å². The smallest absolute Gasteiger partial charge is 0.306 e. The van der Waals surface area contributed by atoms with E-state index >= 15 is 0 Å². The van der Waals surface area contributed by atoms with E-state index in [-0.39, 0.29) is 37.5 Å². The van der Waals surface area contributed by atoms with Gasteiger partial charge in [0.05, 0.1) is 0 Å². The lowest BCUT2D eigenvalue weighted by Gasteiger charge is -2.18. The number of hydrogen-bond acceptors (Lipinski definition) is 6. The van der Waals surface area contributed by atoms with E-state index < -0.39 is 6.10 Å². The fourth-order valence-corrected chi connectivity index (χ4v) is 8.05. The lowest BCUT2D eigenvalue weighted by atomic mass is 10.0. The van der Waals surface area contributed by atoms with Gasteiger partial charge in [0.25, 0.3) is 0 Å². The maximum atomic E-state index is 12.9. The highest BCUT2D eigenvalue weighted by atomic mass is 16.6. The van der Waals surface area contributed by atoms with Crippen LogP contribution in [0, 0.1) is 0 Å². The van der Waals surface area contributed by atoms with Gasteiger partial charge >= 0.3 is 17.9 Å². The topological polar surface area (TPSA) is 78.9 Å². The van der Waals surface area contributed by atoms with Crippen molar-refractivity contribution in [3.05, 3.63) is 109 Å². The molecule has 1 unspecified atom stereocenters. The monoisotopic (exact) mass is 999 g/mol. The summed E-state index contributed by atoms with van der Waals surface area (Å²) >= 11 is 0. The highest BCUT2D eigenvalue weighted by molar-refractivity contribution is 5.71. The number of rotatable bonds is 53. The minimum Gasteiger partial charge on any atom is -0.462 e. The molecule has 6 nitrogen and oxygen atoms in total. The third-order valence-electron chi connectivity index (χ3n) is 12.5. The summed E-state index contributed by atoms with van der Waals surface area (Å²) in [7, 11) is 0. The maximum absolute atomic E-state index is 12.9. The van der Waals surface area contributed by atoms with Gasteiger partial charge in [0.15, 0.2) is 6.10 Å². The van der Waals surface area contributed by atoms with E-state index in [2.05, 4.69) is 130 Å². The average Bonchev–Trinajstić information content (AvgIpc) is 3.38. The summed E-state index contributed by atoms with van der Waals surface area (Å²) in [6.07, 6.45) is 80.8. The van der Waals surface area contributed by atoms with Crippen LogP contribution in [-0.4, -0.2) is 37.2 Å². The van der Waals surface area contributed by atoms with Crippen molar-refractivity contribution in [1.29, 1.82) is 0 Å². The van der Waals surface area contributed by atoms with Gasteiger partial charge in [-0.1, -0.05) is 259 Å². The number of esters is 3. The van der Waals surface area contributed by atoms with Crippen LogP contribution in [0.4, 0.5) is 0 Å². The van der Waals surface area contributed by atoms with Crippen molar-refractivity contribution in [2.24, 2.45) is 0 Å². The number of unbranched alkanes of at least 4 members (excludes halogenated alkanes) is 24. The summed E-state index contributed by atoms with van der Waals surface area (Å²) in [5.74, 6) is -0.960. The molecule has 410 valence electrons. The molecule has 0 aliphatic carbocycles. The van der Waals surface area contributed by atoms with Gasteiger partial charge in [0.1, 0.15) is 13.2 Å². The maximum Gasteiger partial charge on any atom is 0.306 e. The molecule has 0 saturated carbocycles. The standard InChI is InChI=1S/C66H110O6/c1-4-7-10-13-16-19-22-25-27-29-31-32-33-34-36-37-39-41-44-47-50-53-56-59-65(68)71-62-63(61-70-64(67)58-55-52-49-46-43-24-21-18-15-12-9-6-3)72-66(69)60-57-54-51-48-45-42-40-38-35-30-28-26-23-20-17-14-11-8-5-2/h7,10,16-17,19-20,25-28,31-32,34,36,39,41,47,50,63H,4-6,8-9,11-15,18,21-24,29-30,33,35,37-38,40,42-46,48-49,51-62H2,1-3H3/b10-7-,19-16-,20-17-,27-25-,28-26-,32-31-,36-34-,41-39-,50-47-. The van der Waals surface area contributed by atoms with Crippen LogP contribution < -0.4 is 0 Å². The number of carbonyl (C=O) groups excluding carboxylic acids is 3. The fourth-order valence-electron chi connectivity index (χ4n) is 8.05. The molecule has 0 fully saturated rings. The molecule has 0 aliphatic rings. The second-order valence-electron chi connectivity index (χ2n) is 19.5. The van der Waals surface area contributed by atoms with E-state index in [1.54, 1.807) is 0 Å². The van der Waals surface area contributed by atoms with Crippen LogP contribution in [-0.2, 0) is 28.6 Å². The lowest BCUT2D eigenvalue weighted by molar-refractivity contribution is -0.167. The van der Waals surface area contributed by atoms with Crippen molar-refractivity contribution in [2.75, 3.05) is 13.2 Å². The Morgan fingerprint density at radius 1 is 0.292 bits per heavy atom. The summed E-state index contributed by atoms with van der Waals surface area (Å²) < 4.78 is 16.8. The second-order valence-corrected chi connectivity index (χ2v) is 19.5. The first-order valence-corrected chi connectivity index (χ1v) is 29.9. The largest absolute Gasteiger partial charge is 0.462 e. The van der Waals surface area contributed by atoms with Crippen LogP contribution in [0.3, 0.4) is 0 Å². The van der Waals surface area contributed by atoms with Crippen LogP contribution >= 0.6 is 0 Å². The van der Waals surface area contributed by atoms with Gasteiger partial charge < -0.3 is 14.2 Å². The second kappa shape index (κ2) is 59.6. The third-order valence-corrected chi connectivity index (χ3v) is 12.5. The predicted octanol–water partition coefficient (Wildman–Crippen LogP) is 20.3. The Morgan fingerprint density at radius 3 is 0.931 bits per heavy atom. The normalized spacial score (nSPS) is 12.9. The Balaban J connectivity index is 4.45. The van der Waals surface area contributed by atoms with E-state index in [0.717, 1.165) is 96.3 Å². The minimum absolute atomic E-state index is 0.0970. The number of hydrogen-bond donors (Lipinski definition) is 0. The molecule has 0 spiro atoms. The van der Waals surface area contributed by atoms with E-state index in [1.165, 1.54) is 128 Å². The third kappa shape index (κ3) is 57.0. The molecule has 0 rings (SSSR count). The van der Waals surface area contributed by atoms with Crippen molar-refractivity contribution >= 4 is 17.9 Å². The van der Waals surface area contributed by atoms with Crippen molar-refractivity contribution in [3.63, 3.8) is 0 Å². The van der Waals surface area contributed by atoms with Crippen LogP contribution in [0.2, 0.25) is 0 Å². The highest BCUT2D eigenvalue weighted by Crippen LogP contribution is 2.15. The SMILES string of the molecule is CC/C=C\C/C=C\C/C=C\C/C=C\C/C=C\C/C=C\C/C=C\CCCC(=O)OCC(COC(=O)CCCCCCCCCCCCCC)OC(=O)CCCCCCCCCCC/C=C\C/C=C\CCCCC.